The number of nitrogens with zero attached hydrogens (tertiary/aromatic N) is 1. The molecule has 0 fully saturated rings. The molecule has 0 aromatic heterocycles. The van der Waals surface area contributed by atoms with Crippen LogP contribution in [0.5, 0.6) is 17.2 Å². The van der Waals surface area contributed by atoms with E-state index < -0.39 is 11.9 Å². The van der Waals surface area contributed by atoms with Crippen LogP contribution in [0.15, 0.2) is 36.4 Å². The van der Waals surface area contributed by atoms with Crippen LogP contribution in [0.25, 0.3) is 0 Å². The third-order valence-corrected chi connectivity index (χ3v) is 2.94. The Morgan fingerprint density at radius 3 is 2.57 bits per heavy atom. The minimum atomic E-state index is -1.01. The maximum atomic E-state index is 13.8. The van der Waals surface area contributed by atoms with Crippen molar-refractivity contribution in [1.29, 1.82) is 5.26 Å². The summed E-state index contributed by atoms with van der Waals surface area (Å²) in [5.74, 6) is 0.349. The molecule has 0 saturated carbocycles. The molecular weight excluding hydrogens is 273 g/mol. The molecule has 4 nitrogen and oxygen atoms in total. The molecule has 2 rings (SSSR count). The van der Waals surface area contributed by atoms with Crippen LogP contribution in [0.3, 0.4) is 0 Å². The highest BCUT2D eigenvalue weighted by Crippen LogP contribution is 2.36. The molecule has 5 heteroatoms. The first-order valence-electron chi connectivity index (χ1n) is 6.29. The van der Waals surface area contributed by atoms with Gasteiger partial charge < -0.3 is 14.6 Å². The Kier molecular flexibility index (Phi) is 4.41. The highest BCUT2D eigenvalue weighted by molar-refractivity contribution is 5.49. The van der Waals surface area contributed by atoms with Gasteiger partial charge in [0.15, 0.2) is 11.5 Å². The van der Waals surface area contributed by atoms with Gasteiger partial charge in [0.25, 0.3) is 0 Å². The zero-order valence-corrected chi connectivity index (χ0v) is 11.6. The fourth-order valence-electron chi connectivity index (χ4n) is 1.95. The van der Waals surface area contributed by atoms with Gasteiger partial charge in [-0.05, 0) is 31.2 Å². The molecule has 0 aliphatic carbocycles. The van der Waals surface area contributed by atoms with Gasteiger partial charge in [-0.3, -0.25) is 0 Å². The molecule has 0 amide bonds. The number of hydrogen-bond acceptors (Lipinski definition) is 4. The highest BCUT2D eigenvalue weighted by Gasteiger charge is 2.16. The summed E-state index contributed by atoms with van der Waals surface area (Å²) >= 11 is 0. The van der Waals surface area contributed by atoms with Crippen LogP contribution in [0.2, 0.25) is 0 Å². The van der Waals surface area contributed by atoms with Crippen LogP contribution in [0.1, 0.15) is 24.2 Å². The number of rotatable bonds is 4. The number of methoxy groups -OCH3 is 1. The van der Waals surface area contributed by atoms with Gasteiger partial charge in [-0.2, -0.15) is 5.26 Å². The molecule has 108 valence electrons. The second-order valence-electron chi connectivity index (χ2n) is 4.41. The average Bonchev–Trinajstić information content (AvgIpc) is 2.47. The van der Waals surface area contributed by atoms with Crippen molar-refractivity contribution in [3.05, 3.63) is 53.3 Å². The molecule has 1 unspecified atom stereocenters. The van der Waals surface area contributed by atoms with Gasteiger partial charge in [-0.15, -0.1) is 0 Å². The number of halogens is 1. The maximum absolute atomic E-state index is 13.8. The molecule has 1 N–H and O–H groups in total. The summed E-state index contributed by atoms with van der Waals surface area (Å²) in [6, 6.07) is 11.0. The number of nitriles is 1. The van der Waals surface area contributed by atoms with E-state index in [0.29, 0.717) is 17.1 Å². The van der Waals surface area contributed by atoms with E-state index in [1.807, 2.05) is 6.07 Å². The second kappa shape index (κ2) is 6.25. The lowest BCUT2D eigenvalue weighted by atomic mass is 10.1. The Balaban J connectivity index is 2.44. The number of ether oxygens (including phenoxy) is 2. The Hall–Kier alpha value is -2.58. The van der Waals surface area contributed by atoms with Crippen molar-refractivity contribution in [2.75, 3.05) is 7.11 Å². The van der Waals surface area contributed by atoms with Gasteiger partial charge in [-0.25, -0.2) is 4.39 Å². The van der Waals surface area contributed by atoms with Crippen LogP contribution in [0, 0.1) is 17.1 Å². The molecule has 0 heterocycles. The molecule has 21 heavy (non-hydrogen) atoms. The molecule has 0 spiro atoms. The van der Waals surface area contributed by atoms with E-state index in [4.69, 9.17) is 14.7 Å². The summed E-state index contributed by atoms with van der Waals surface area (Å²) in [4.78, 5) is 0. The molecule has 1 atom stereocenters. The molecule has 0 bridgehead atoms. The SMILES string of the molecule is COc1cc(C#N)ccc1Oc1cccc(F)c1C(C)O. The lowest BCUT2D eigenvalue weighted by molar-refractivity contribution is 0.190. The first kappa shape index (κ1) is 14.8. The van der Waals surface area contributed by atoms with E-state index in [-0.39, 0.29) is 11.3 Å². The van der Waals surface area contributed by atoms with Gasteiger partial charge in [-0.1, -0.05) is 6.07 Å². The lowest BCUT2D eigenvalue weighted by Crippen LogP contribution is -2.00. The normalized spacial score (nSPS) is 11.6. The average molecular weight is 287 g/mol. The predicted molar refractivity (Wildman–Crippen MR) is 74.8 cm³/mol. The maximum Gasteiger partial charge on any atom is 0.169 e. The third kappa shape index (κ3) is 3.12. The Morgan fingerprint density at radius 1 is 1.19 bits per heavy atom. The summed E-state index contributed by atoms with van der Waals surface area (Å²) in [6.07, 6.45) is -1.01. The smallest absolute Gasteiger partial charge is 0.169 e. The summed E-state index contributed by atoms with van der Waals surface area (Å²) in [5, 5.41) is 18.5. The first-order valence-corrected chi connectivity index (χ1v) is 6.29. The Bertz CT molecular complexity index is 692. The molecular formula is C16H14FNO3. The standard InChI is InChI=1S/C16H14FNO3/c1-10(19)16-12(17)4-3-5-14(16)21-13-7-6-11(9-18)8-15(13)20-2/h3-8,10,19H,1-2H3. The fourth-order valence-corrected chi connectivity index (χ4v) is 1.95. The van der Waals surface area contributed by atoms with Crippen molar-refractivity contribution >= 4 is 0 Å². The molecule has 2 aromatic carbocycles. The number of aliphatic hydroxyl groups excluding tert-OH is 1. The number of aliphatic hydroxyl groups is 1. The minimum absolute atomic E-state index is 0.0731. The largest absolute Gasteiger partial charge is 0.493 e. The van der Waals surface area contributed by atoms with E-state index in [9.17, 15) is 9.50 Å². The topological polar surface area (TPSA) is 62.5 Å². The van der Waals surface area contributed by atoms with Crippen molar-refractivity contribution in [3.8, 4) is 23.3 Å². The number of hydrogen-bond donors (Lipinski definition) is 1. The van der Waals surface area contributed by atoms with Crippen molar-refractivity contribution < 1.29 is 19.0 Å². The van der Waals surface area contributed by atoms with Crippen molar-refractivity contribution in [2.45, 2.75) is 13.0 Å². The van der Waals surface area contributed by atoms with Crippen molar-refractivity contribution in [1.82, 2.24) is 0 Å². The fraction of sp³-hybridized carbons (Fsp3) is 0.188. The monoisotopic (exact) mass is 287 g/mol. The van der Waals surface area contributed by atoms with E-state index >= 15 is 0 Å². The minimum Gasteiger partial charge on any atom is -0.493 e. The zero-order valence-electron chi connectivity index (χ0n) is 11.6. The van der Waals surface area contributed by atoms with Crippen molar-refractivity contribution in [2.24, 2.45) is 0 Å². The van der Waals surface area contributed by atoms with E-state index in [0.717, 1.165) is 0 Å². The van der Waals surface area contributed by atoms with Gasteiger partial charge in [0, 0.05) is 6.07 Å². The summed E-state index contributed by atoms with van der Waals surface area (Å²) in [5.41, 5.74) is 0.498. The van der Waals surface area contributed by atoms with E-state index in [2.05, 4.69) is 0 Å². The molecule has 0 aliphatic heterocycles. The van der Waals surface area contributed by atoms with E-state index in [1.165, 1.54) is 32.2 Å². The summed E-state index contributed by atoms with van der Waals surface area (Å²) in [6.45, 7) is 1.46. The van der Waals surface area contributed by atoms with Gasteiger partial charge >= 0.3 is 0 Å². The molecule has 0 saturated heterocycles. The third-order valence-electron chi connectivity index (χ3n) is 2.94. The van der Waals surface area contributed by atoms with Crippen LogP contribution in [-0.4, -0.2) is 12.2 Å². The molecule has 0 aliphatic rings. The Labute approximate surface area is 122 Å². The zero-order chi connectivity index (χ0) is 15.4. The summed E-state index contributed by atoms with van der Waals surface area (Å²) in [7, 11) is 1.45. The quantitative estimate of drug-likeness (QED) is 0.934. The molecule has 2 aromatic rings. The predicted octanol–water partition coefficient (Wildman–Crippen LogP) is 3.55. The van der Waals surface area contributed by atoms with Gasteiger partial charge in [0.2, 0.25) is 0 Å². The van der Waals surface area contributed by atoms with Gasteiger partial charge in [0.05, 0.1) is 30.4 Å². The van der Waals surface area contributed by atoms with Gasteiger partial charge in [0.1, 0.15) is 11.6 Å². The highest BCUT2D eigenvalue weighted by atomic mass is 19.1. The van der Waals surface area contributed by atoms with Crippen LogP contribution in [0.4, 0.5) is 4.39 Å². The van der Waals surface area contributed by atoms with Crippen LogP contribution < -0.4 is 9.47 Å². The van der Waals surface area contributed by atoms with Crippen molar-refractivity contribution in [3.63, 3.8) is 0 Å². The second-order valence-corrected chi connectivity index (χ2v) is 4.41. The Morgan fingerprint density at radius 2 is 1.95 bits per heavy atom. The van der Waals surface area contributed by atoms with Crippen LogP contribution >= 0.6 is 0 Å². The first-order chi connectivity index (χ1) is 10.1. The lowest BCUT2D eigenvalue weighted by Gasteiger charge is -2.15. The summed E-state index contributed by atoms with van der Waals surface area (Å²) < 4.78 is 24.6. The van der Waals surface area contributed by atoms with E-state index in [1.54, 1.807) is 18.2 Å². The van der Waals surface area contributed by atoms with Crippen LogP contribution in [-0.2, 0) is 0 Å². The number of benzene rings is 2. The molecule has 0 radical (unpaired) electrons.